The van der Waals surface area contributed by atoms with E-state index < -0.39 is 15.9 Å². The smallest absolute Gasteiger partial charge is 0.238 e. The Hall–Kier alpha value is -3.11. The second kappa shape index (κ2) is 9.39. The van der Waals surface area contributed by atoms with E-state index in [0.717, 1.165) is 0 Å². The van der Waals surface area contributed by atoms with Crippen LogP contribution in [0.1, 0.15) is 15.9 Å². The third kappa shape index (κ3) is 5.69. The minimum Gasteiger partial charge on any atom is -0.493 e. The van der Waals surface area contributed by atoms with Crippen LogP contribution in [0, 0.1) is 0 Å². The number of hydrogen-bond acceptors (Lipinski definition) is 7. The number of ether oxygens (including phenoxy) is 3. The SMILES string of the molecule is COc1cc(C(=O)CNC(=O)Cc2ccc(S(N)(=O)=O)cc2)cc(OC)c1OC. The Morgan fingerprint density at radius 2 is 1.52 bits per heavy atom. The largest absolute Gasteiger partial charge is 0.493 e. The van der Waals surface area contributed by atoms with E-state index in [1.807, 2.05) is 0 Å². The number of sulfonamides is 1. The topological polar surface area (TPSA) is 134 Å². The molecule has 156 valence electrons. The number of nitrogens with one attached hydrogen (secondary N) is 1. The summed E-state index contributed by atoms with van der Waals surface area (Å²) in [5, 5.41) is 7.57. The van der Waals surface area contributed by atoms with E-state index >= 15 is 0 Å². The van der Waals surface area contributed by atoms with Gasteiger partial charge in [-0.1, -0.05) is 12.1 Å². The molecule has 0 saturated carbocycles. The highest BCUT2D eigenvalue weighted by Gasteiger charge is 2.17. The highest BCUT2D eigenvalue weighted by Crippen LogP contribution is 2.38. The fourth-order valence-electron chi connectivity index (χ4n) is 2.57. The zero-order valence-corrected chi connectivity index (χ0v) is 17.0. The summed E-state index contributed by atoms with van der Waals surface area (Å²) in [5.74, 6) is 0.280. The minimum absolute atomic E-state index is 0.0204. The minimum atomic E-state index is -3.79. The number of primary sulfonamides is 1. The van der Waals surface area contributed by atoms with Crippen molar-refractivity contribution in [3.05, 3.63) is 47.5 Å². The number of carbonyl (C=O) groups excluding carboxylic acids is 2. The summed E-state index contributed by atoms with van der Waals surface area (Å²) in [5.41, 5.74) is 0.868. The summed E-state index contributed by atoms with van der Waals surface area (Å²) >= 11 is 0. The molecule has 0 fully saturated rings. The van der Waals surface area contributed by atoms with Gasteiger partial charge in [0.1, 0.15) is 0 Å². The molecule has 0 spiro atoms. The lowest BCUT2D eigenvalue weighted by Gasteiger charge is -2.14. The van der Waals surface area contributed by atoms with Gasteiger partial charge < -0.3 is 19.5 Å². The summed E-state index contributed by atoms with van der Waals surface area (Å²) in [7, 11) is 0.542. The van der Waals surface area contributed by atoms with Crippen molar-refractivity contribution in [2.45, 2.75) is 11.3 Å². The predicted octanol–water partition coefficient (Wildman–Crippen LogP) is 0.901. The third-order valence-electron chi connectivity index (χ3n) is 4.05. The standard InChI is InChI=1S/C19H22N2O7S/c1-26-16-9-13(10-17(27-2)19(16)28-3)15(22)11-21-18(23)8-12-4-6-14(7-5-12)29(20,24)25/h4-7,9-10H,8,11H2,1-3H3,(H,21,23)(H2,20,24,25). The molecule has 10 heteroatoms. The number of benzene rings is 2. The van der Waals surface area contributed by atoms with Crippen LogP contribution in [-0.4, -0.2) is 48.0 Å². The van der Waals surface area contributed by atoms with Gasteiger partial charge in [0.25, 0.3) is 0 Å². The summed E-state index contributed by atoms with van der Waals surface area (Å²) in [6.45, 7) is -0.229. The fourth-order valence-corrected chi connectivity index (χ4v) is 3.08. The Morgan fingerprint density at radius 1 is 0.966 bits per heavy atom. The second-order valence-corrected chi connectivity index (χ2v) is 7.54. The molecule has 0 radical (unpaired) electrons. The van der Waals surface area contributed by atoms with E-state index in [2.05, 4.69) is 5.32 Å². The van der Waals surface area contributed by atoms with Gasteiger partial charge in [-0.05, 0) is 29.8 Å². The third-order valence-corrected chi connectivity index (χ3v) is 4.98. The van der Waals surface area contributed by atoms with Crippen LogP contribution < -0.4 is 24.7 Å². The highest BCUT2D eigenvalue weighted by atomic mass is 32.2. The predicted molar refractivity (Wildman–Crippen MR) is 105 cm³/mol. The Morgan fingerprint density at radius 3 is 1.97 bits per heavy atom. The van der Waals surface area contributed by atoms with Crippen molar-refractivity contribution < 1.29 is 32.2 Å². The van der Waals surface area contributed by atoms with E-state index in [1.54, 1.807) is 0 Å². The number of hydrogen-bond donors (Lipinski definition) is 2. The summed E-state index contributed by atoms with van der Waals surface area (Å²) in [4.78, 5) is 24.5. The van der Waals surface area contributed by atoms with Crippen LogP contribution >= 0.6 is 0 Å². The first-order valence-electron chi connectivity index (χ1n) is 8.41. The molecular formula is C19H22N2O7S. The molecule has 2 rings (SSSR count). The van der Waals surface area contributed by atoms with Gasteiger partial charge in [0, 0.05) is 5.56 Å². The van der Waals surface area contributed by atoms with Gasteiger partial charge in [-0.3, -0.25) is 9.59 Å². The van der Waals surface area contributed by atoms with Crippen LogP contribution in [-0.2, 0) is 21.2 Å². The molecule has 2 aromatic rings. The molecule has 0 bridgehead atoms. The molecule has 0 atom stereocenters. The molecule has 0 aliphatic rings. The molecule has 0 heterocycles. The van der Waals surface area contributed by atoms with Crippen LogP contribution in [0.15, 0.2) is 41.3 Å². The lowest BCUT2D eigenvalue weighted by molar-refractivity contribution is -0.120. The van der Waals surface area contributed by atoms with Gasteiger partial charge in [-0.2, -0.15) is 0 Å². The molecule has 0 saturated heterocycles. The van der Waals surface area contributed by atoms with Gasteiger partial charge in [0.05, 0.1) is 39.2 Å². The van der Waals surface area contributed by atoms with E-state index in [4.69, 9.17) is 19.3 Å². The van der Waals surface area contributed by atoms with Crippen LogP contribution in [0.4, 0.5) is 0 Å². The maximum atomic E-state index is 12.4. The molecule has 29 heavy (non-hydrogen) atoms. The van der Waals surface area contributed by atoms with E-state index in [0.29, 0.717) is 22.8 Å². The van der Waals surface area contributed by atoms with Crippen molar-refractivity contribution in [2.24, 2.45) is 5.14 Å². The second-order valence-electron chi connectivity index (χ2n) is 5.98. The normalized spacial score (nSPS) is 10.9. The number of Topliss-reactive ketones (excluding diaryl/α,β-unsaturated/α-hetero) is 1. The van der Waals surface area contributed by atoms with E-state index in [9.17, 15) is 18.0 Å². The molecule has 0 aliphatic heterocycles. The zero-order valence-electron chi connectivity index (χ0n) is 16.2. The average molecular weight is 422 g/mol. The first kappa shape index (κ1) is 22.2. The van der Waals surface area contributed by atoms with Gasteiger partial charge in [-0.15, -0.1) is 0 Å². The van der Waals surface area contributed by atoms with Gasteiger partial charge in [0.15, 0.2) is 17.3 Å². The monoisotopic (exact) mass is 422 g/mol. The number of nitrogens with two attached hydrogens (primary N) is 1. The first-order chi connectivity index (χ1) is 13.7. The number of carbonyl (C=O) groups is 2. The van der Waals surface area contributed by atoms with Crippen molar-refractivity contribution in [2.75, 3.05) is 27.9 Å². The number of ketones is 1. The van der Waals surface area contributed by atoms with Crippen LogP contribution in [0.3, 0.4) is 0 Å². The number of methoxy groups -OCH3 is 3. The molecular weight excluding hydrogens is 400 g/mol. The van der Waals surface area contributed by atoms with Gasteiger partial charge in [0.2, 0.25) is 21.7 Å². The van der Waals surface area contributed by atoms with Crippen molar-refractivity contribution in [3.63, 3.8) is 0 Å². The van der Waals surface area contributed by atoms with Crippen molar-refractivity contribution in [1.82, 2.24) is 5.32 Å². The lowest BCUT2D eigenvalue weighted by atomic mass is 10.1. The van der Waals surface area contributed by atoms with Crippen molar-refractivity contribution in [1.29, 1.82) is 0 Å². The average Bonchev–Trinajstić information content (AvgIpc) is 2.70. The molecule has 0 aromatic heterocycles. The summed E-state index contributed by atoms with van der Waals surface area (Å²) in [6.07, 6.45) is -0.0204. The summed E-state index contributed by atoms with van der Waals surface area (Å²) in [6, 6.07) is 8.61. The fraction of sp³-hybridized carbons (Fsp3) is 0.263. The van der Waals surface area contributed by atoms with Gasteiger partial charge in [-0.25, -0.2) is 13.6 Å². The molecule has 9 nitrogen and oxygen atoms in total. The van der Waals surface area contributed by atoms with Crippen LogP contribution in [0.25, 0.3) is 0 Å². The Labute approximate surface area is 168 Å². The first-order valence-corrected chi connectivity index (χ1v) is 9.96. The van der Waals surface area contributed by atoms with Crippen molar-refractivity contribution in [3.8, 4) is 17.2 Å². The Balaban J connectivity index is 2.02. The van der Waals surface area contributed by atoms with Crippen LogP contribution in [0.5, 0.6) is 17.2 Å². The zero-order chi connectivity index (χ0) is 21.6. The Kier molecular flexibility index (Phi) is 7.18. The molecule has 3 N–H and O–H groups in total. The molecule has 0 aliphatic carbocycles. The highest BCUT2D eigenvalue weighted by molar-refractivity contribution is 7.89. The lowest BCUT2D eigenvalue weighted by Crippen LogP contribution is -2.30. The van der Waals surface area contributed by atoms with E-state index in [1.165, 1.54) is 57.7 Å². The molecule has 0 unspecified atom stereocenters. The maximum Gasteiger partial charge on any atom is 0.238 e. The Bertz CT molecular complexity index is 977. The molecule has 1 amide bonds. The van der Waals surface area contributed by atoms with Gasteiger partial charge >= 0.3 is 0 Å². The maximum absolute atomic E-state index is 12.4. The van der Waals surface area contributed by atoms with E-state index in [-0.39, 0.29) is 29.2 Å². The van der Waals surface area contributed by atoms with Crippen LogP contribution in [0.2, 0.25) is 0 Å². The molecule has 2 aromatic carbocycles. The number of amides is 1. The number of rotatable bonds is 9. The van der Waals surface area contributed by atoms with Crippen molar-refractivity contribution >= 4 is 21.7 Å². The summed E-state index contributed by atoms with van der Waals surface area (Å²) < 4.78 is 38.1. The quantitative estimate of drug-likeness (QED) is 0.574.